The highest BCUT2D eigenvalue weighted by molar-refractivity contribution is 7.98. The summed E-state index contributed by atoms with van der Waals surface area (Å²) in [4.78, 5) is 11.8. The third-order valence-electron chi connectivity index (χ3n) is 2.78. The molecule has 3 nitrogen and oxygen atoms in total. The van der Waals surface area contributed by atoms with Crippen LogP contribution in [0.3, 0.4) is 0 Å². The molecule has 1 aromatic carbocycles. The van der Waals surface area contributed by atoms with Crippen molar-refractivity contribution in [3.8, 4) is 0 Å². The molecular formula is C13H16N2OS. The number of para-hydroxylation sites is 1. The van der Waals surface area contributed by atoms with Crippen LogP contribution in [0.2, 0.25) is 0 Å². The molecule has 0 bridgehead atoms. The van der Waals surface area contributed by atoms with Crippen molar-refractivity contribution in [1.82, 2.24) is 4.57 Å². The maximum Gasteiger partial charge on any atom is 0.252 e. The molecule has 17 heavy (non-hydrogen) atoms. The molecule has 90 valence electrons. The van der Waals surface area contributed by atoms with Gasteiger partial charge >= 0.3 is 0 Å². The van der Waals surface area contributed by atoms with Gasteiger partial charge < -0.3 is 9.88 Å². The number of pyridine rings is 1. The summed E-state index contributed by atoms with van der Waals surface area (Å²) in [6.45, 7) is 0.873. The fourth-order valence-electron chi connectivity index (χ4n) is 1.84. The van der Waals surface area contributed by atoms with Gasteiger partial charge in [-0.25, -0.2) is 0 Å². The molecule has 0 unspecified atom stereocenters. The Morgan fingerprint density at radius 1 is 1.35 bits per heavy atom. The summed E-state index contributed by atoms with van der Waals surface area (Å²) in [5.74, 6) is 1.03. The predicted molar refractivity (Wildman–Crippen MR) is 76.1 cm³/mol. The molecule has 2 aromatic rings. The molecule has 1 aromatic heterocycles. The highest BCUT2D eigenvalue weighted by atomic mass is 32.2. The number of nitrogens with zero attached hydrogens (tertiary/aromatic N) is 1. The second-order valence-electron chi connectivity index (χ2n) is 3.89. The molecule has 0 radical (unpaired) electrons. The van der Waals surface area contributed by atoms with E-state index in [1.165, 1.54) is 0 Å². The van der Waals surface area contributed by atoms with Crippen LogP contribution in [0.1, 0.15) is 0 Å². The topological polar surface area (TPSA) is 34.0 Å². The number of hydrogen-bond acceptors (Lipinski definition) is 3. The van der Waals surface area contributed by atoms with Crippen LogP contribution in [0.5, 0.6) is 0 Å². The van der Waals surface area contributed by atoms with Gasteiger partial charge in [0.15, 0.2) is 0 Å². The summed E-state index contributed by atoms with van der Waals surface area (Å²) in [6, 6.07) is 9.62. The molecule has 0 fully saturated rings. The number of fused-ring (bicyclic) bond motifs is 1. The summed E-state index contributed by atoms with van der Waals surface area (Å²) >= 11 is 1.79. The van der Waals surface area contributed by atoms with Crippen molar-refractivity contribution in [2.45, 2.75) is 0 Å². The zero-order chi connectivity index (χ0) is 12.3. The molecule has 0 aliphatic rings. The highest BCUT2D eigenvalue weighted by Crippen LogP contribution is 2.20. The molecule has 0 aliphatic carbocycles. The number of aromatic nitrogens is 1. The summed E-state index contributed by atoms with van der Waals surface area (Å²) in [5, 5.41) is 4.42. The van der Waals surface area contributed by atoms with E-state index in [1.54, 1.807) is 29.4 Å². The normalized spacial score (nSPS) is 10.7. The Bertz CT molecular complexity index is 577. The largest absolute Gasteiger partial charge is 0.384 e. The van der Waals surface area contributed by atoms with Gasteiger partial charge in [0.1, 0.15) is 0 Å². The highest BCUT2D eigenvalue weighted by Gasteiger charge is 2.04. The minimum atomic E-state index is 0.0235. The van der Waals surface area contributed by atoms with E-state index in [-0.39, 0.29) is 5.56 Å². The van der Waals surface area contributed by atoms with Crippen molar-refractivity contribution in [2.24, 2.45) is 7.05 Å². The zero-order valence-corrected chi connectivity index (χ0v) is 10.9. The van der Waals surface area contributed by atoms with Crippen LogP contribution < -0.4 is 10.9 Å². The first-order valence-electron chi connectivity index (χ1n) is 5.55. The predicted octanol–water partition coefficient (Wildman–Crippen LogP) is 2.31. The molecule has 0 atom stereocenters. The van der Waals surface area contributed by atoms with E-state index in [2.05, 4.69) is 11.6 Å². The second kappa shape index (κ2) is 5.27. The summed E-state index contributed by atoms with van der Waals surface area (Å²) in [6.07, 6.45) is 2.07. The van der Waals surface area contributed by atoms with Crippen LogP contribution in [0.4, 0.5) is 5.69 Å². The fraction of sp³-hybridized carbons (Fsp3) is 0.308. The monoisotopic (exact) mass is 248 g/mol. The van der Waals surface area contributed by atoms with Gasteiger partial charge in [-0.2, -0.15) is 11.8 Å². The molecular weight excluding hydrogens is 232 g/mol. The lowest BCUT2D eigenvalue weighted by atomic mass is 10.2. The van der Waals surface area contributed by atoms with E-state index in [4.69, 9.17) is 0 Å². The molecule has 1 N–H and O–H groups in total. The molecule has 2 rings (SSSR count). The van der Waals surface area contributed by atoms with Crippen LogP contribution in [0.15, 0.2) is 35.1 Å². The minimum absolute atomic E-state index is 0.0235. The van der Waals surface area contributed by atoms with Gasteiger partial charge in [-0.3, -0.25) is 4.79 Å². The molecule has 0 spiro atoms. The van der Waals surface area contributed by atoms with Crippen molar-refractivity contribution in [1.29, 1.82) is 0 Å². The van der Waals surface area contributed by atoms with Crippen LogP contribution in [0.25, 0.3) is 10.9 Å². The number of aryl methyl sites for hydroxylation is 1. The third kappa shape index (κ3) is 2.47. The Morgan fingerprint density at radius 3 is 2.88 bits per heavy atom. The van der Waals surface area contributed by atoms with E-state index in [1.807, 2.05) is 24.3 Å². The Labute approximate surface area is 105 Å². The zero-order valence-electron chi connectivity index (χ0n) is 10.1. The number of rotatable bonds is 4. The van der Waals surface area contributed by atoms with E-state index in [9.17, 15) is 4.79 Å². The number of anilines is 1. The van der Waals surface area contributed by atoms with Crippen LogP contribution in [-0.4, -0.2) is 23.1 Å². The lowest BCUT2D eigenvalue weighted by molar-refractivity contribution is 0.906. The number of nitrogens with one attached hydrogen (secondary N) is 1. The molecule has 1 heterocycles. The molecule has 0 saturated heterocycles. The van der Waals surface area contributed by atoms with E-state index >= 15 is 0 Å². The first-order valence-corrected chi connectivity index (χ1v) is 6.95. The lowest BCUT2D eigenvalue weighted by Crippen LogP contribution is -2.18. The van der Waals surface area contributed by atoms with Crippen molar-refractivity contribution < 1.29 is 0 Å². The first-order chi connectivity index (χ1) is 8.24. The molecule has 0 saturated carbocycles. The second-order valence-corrected chi connectivity index (χ2v) is 4.88. The maximum atomic E-state index is 11.8. The number of hydrogen-bond donors (Lipinski definition) is 1. The number of benzene rings is 1. The first kappa shape index (κ1) is 12.0. The maximum absolute atomic E-state index is 11.8. The average molecular weight is 248 g/mol. The smallest absolute Gasteiger partial charge is 0.252 e. The van der Waals surface area contributed by atoms with Gasteiger partial charge in [0, 0.05) is 36.5 Å². The lowest BCUT2D eigenvalue weighted by Gasteiger charge is -2.11. The average Bonchev–Trinajstić information content (AvgIpc) is 2.36. The Balaban J connectivity index is 2.48. The summed E-state index contributed by atoms with van der Waals surface area (Å²) in [5.41, 5.74) is 1.92. The van der Waals surface area contributed by atoms with Crippen LogP contribution in [-0.2, 0) is 7.05 Å². The Hall–Kier alpha value is -1.42. The minimum Gasteiger partial charge on any atom is -0.384 e. The van der Waals surface area contributed by atoms with Gasteiger partial charge in [-0.15, -0.1) is 0 Å². The van der Waals surface area contributed by atoms with Crippen molar-refractivity contribution >= 4 is 28.4 Å². The van der Waals surface area contributed by atoms with Crippen molar-refractivity contribution in [2.75, 3.05) is 23.9 Å². The Morgan fingerprint density at radius 2 is 2.12 bits per heavy atom. The fourth-order valence-corrected chi connectivity index (χ4v) is 2.15. The van der Waals surface area contributed by atoms with Gasteiger partial charge in [-0.1, -0.05) is 18.2 Å². The summed E-state index contributed by atoms with van der Waals surface area (Å²) in [7, 11) is 1.80. The van der Waals surface area contributed by atoms with Crippen LogP contribution in [0, 0.1) is 0 Å². The third-order valence-corrected chi connectivity index (χ3v) is 3.39. The van der Waals surface area contributed by atoms with Crippen LogP contribution >= 0.6 is 11.8 Å². The molecule has 4 heteroatoms. The Kier molecular flexibility index (Phi) is 3.74. The molecule has 0 aliphatic heterocycles. The quantitative estimate of drug-likeness (QED) is 0.843. The molecule has 0 amide bonds. The van der Waals surface area contributed by atoms with Gasteiger partial charge in [0.05, 0.1) is 5.52 Å². The van der Waals surface area contributed by atoms with Gasteiger partial charge in [0.2, 0.25) is 0 Å². The summed E-state index contributed by atoms with van der Waals surface area (Å²) < 4.78 is 1.68. The standard InChI is InChI=1S/C13H16N2OS/c1-15-12-6-4-3-5-10(12)11(9-13(15)16)14-7-8-17-2/h3-6,9,14H,7-8H2,1-2H3. The van der Waals surface area contributed by atoms with Crippen molar-refractivity contribution in [3.63, 3.8) is 0 Å². The SMILES string of the molecule is CSCCNc1cc(=O)n(C)c2ccccc12. The van der Waals surface area contributed by atoms with Gasteiger partial charge in [-0.05, 0) is 12.3 Å². The van der Waals surface area contributed by atoms with E-state index < -0.39 is 0 Å². The van der Waals surface area contributed by atoms with E-state index in [0.29, 0.717) is 0 Å². The van der Waals surface area contributed by atoms with Gasteiger partial charge in [0.25, 0.3) is 5.56 Å². The number of thioether (sulfide) groups is 1. The van der Waals surface area contributed by atoms with Crippen molar-refractivity contribution in [3.05, 3.63) is 40.7 Å². The van der Waals surface area contributed by atoms with E-state index in [0.717, 1.165) is 28.9 Å².